The van der Waals surface area contributed by atoms with Crippen LogP contribution in [-0.4, -0.2) is 37.0 Å². The van der Waals surface area contributed by atoms with Crippen LogP contribution in [-0.2, 0) is 12.5 Å². The van der Waals surface area contributed by atoms with Crippen LogP contribution in [0.3, 0.4) is 0 Å². The Morgan fingerprint density at radius 1 is 1.13 bits per heavy atom. The number of anilines is 3. The van der Waals surface area contributed by atoms with Crippen molar-refractivity contribution in [1.82, 2.24) is 9.78 Å². The van der Waals surface area contributed by atoms with Gasteiger partial charge in [-0.1, -0.05) is 42.5 Å². The summed E-state index contributed by atoms with van der Waals surface area (Å²) in [6.45, 7) is 1.97. The number of nitrogens with two attached hydrogens (primary N) is 1. The first-order chi connectivity index (χ1) is 18.5. The highest BCUT2D eigenvalue weighted by atomic mass is 28.1. The van der Waals surface area contributed by atoms with Crippen LogP contribution in [0.5, 0.6) is 0 Å². The van der Waals surface area contributed by atoms with E-state index < -0.39 is 22.9 Å². The van der Waals surface area contributed by atoms with Gasteiger partial charge in [-0.25, -0.2) is 0 Å². The van der Waals surface area contributed by atoms with Crippen molar-refractivity contribution in [1.29, 1.82) is 5.26 Å². The number of nitrogens with zero attached hydrogens (tertiary/aromatic N) is 4. The topological polar surface area (TPSA) is 117 Å². The lowest BCUT2D eigenvalue weighted by molar-refractivity contribution is 0.0428. The van der Waals surface area contributed by atoms with Crippen molar-refractivity contribution in [3.63, 3.8) is 0 Å². The third kappa shape index (κ3) is 4.55. The quantitative estimate of drug-likeness (QED) is 0.290. The lowest BCUT2D eigenvalue weighted by Gasteiger charge is -2.42. The first kappa shape index (κ1) is 25.8. The largest absolute Gasteiger partial charge is 0.398 e. The highest BCUT2D eigenvalue weighted by Crippen LogP contribution is 2.38. The number of carbonyl (C=O) groups is 2. The Bertz CT molecular complexity index is 1630. The number of rotatable bonds is 5. The number of alkyl halides is 2. The molecule has 0 saturated heterocycles. The fourth-order valence-corrected chi connectivity index (χ4v) is 4.92. The van der Waals surface area contributed by atoms with Crippen LogP contribution in [0.4, 0.5) is 25.8 Å². The number of nitrogens with one attached hydrogen (secondary N) is 1. The second-order valence-corrected chi connectivity index (χ2v) is 10.4. The van der Waals surface area contributed by atoms with Gasteiger partial charge in [-0.2, -0.15) is 19.1 Å². The fourth-order valence-electron chi connectivity index (χ4n) is 4.54. The summed E-state index contributed by atoms with van der Waals surface area (Å²) >= 11 is 0. The third-order valence-electron chi connectivity index (χ3n) is 6.50. The standard InChI is InChI=1S/C28H21F2N6O2Si/c1-27(39)16-35-24(23(15-33-35)34-25(37)17-7-12-22(32)18(13-17)14-31)26(38)36(27)21-10-8-20(9-11-21)28(29,30)19-5-3-2-4-6-19/h2-13,15H,16,32H2,1H3,(H,34,37)/t27-/m0/s1. The summed E-state index contributed by atoms with van der Waals surface area (Å²) in [5.41, 5.74) is 6.63. The molecule has 5 rings (SSSR count). The molecule has 3 N–H and O–H groups in total. The Morgan fingerprint density at radius 3 is 2.46 bits per heavy atom. The van der Waals surface area contributed by atoms with Crippen molar-refractivity contribution >= 4 is 39.1 Å². The molecule has 0 spiro atoms. The molecule has 0 bridgehead atoms. The second kappa shape index (κ2) is 9.49. The smallest absolute Gasteiger partial charge is 0.298 e. The minimum atomic E-state index is -3.22. The van der Waals surface area contributed by atoms with Crippen molar-refractivity contribution in [3.8, 4) is 6.07 Å². The van der Waals surface area contributed by atoms with E-state index in [1.54, 1.807) is 25.1 Å². The van der Waals surface area contributed by atoms with E-state index in [1.807, 2.05) is 6.07 Å². The van der Waals surface area contributed by atoms with E-state index in [0.29, 0.717) is 5.69 Å². The number of fused-ring (bicyclic) bond motifs is 1. The molecule has 2 heterocycles. The molecule has 39 heavy (non-hydrogen) atoms. The predicted molar refractivity (Wildman–Crippen MR) is 143 cm³/mol. The zero-order valence-electron chi connectivity index (χ0n) is 20.7. The van der Waals surface area contributed by atoms with Gasteiger partial charge in [-0.05, 0) is 37.3 Å². The molecule has 8 nitrogen and oxygen atoms in total. The zero-order chi connectivity index (χ0) is 27.9. The van der Waals surface area contributed by atoms with Crippen LogP contribution in [0.15, 0.2) is 79.0 Å². The summed E-state index contributed by atoms with van der Waals surface area (Å²) in [6, 6.07) is 19.2. The Hall–Kier alpha value is -4.82. The number of benzene rings is 3. The molecule has 3 radical (unpaired) electrons. The average molecular weight is 540 g/mol. The monoisotopic (exact) mass is 539 g/mol. The van der Waals surface area contributed by atoms with Crippen molar-refractivity contribution in [2.75, 3.05) is 16.0 Å². The molecule has 1 aromatic heterocycles. The van der Waals surface area contributed by atoms with Crippen LogP contribution in [0, 0.1) is 11.3 Å². The first-order valence-electron chi connectivity index (χ1n) is 11.8. The molecule has 0 unspecified atom stereocenters. The van der Waals surface area contributed by atoms with E-state index in [2.05, 4.69) is 20.7 Å². The molecule has 1 aliphatic rings. The van der Waals surface area contributed by atoms with E-state index in [0.717, 1.165) is 0 Å². The molecule has 0 fully saturated rings. The molecular formula is C28H21F2N6O2Si. The SMILES string of the molecule is C[C@]1([Si])Cn2ncc(NC(=O)c3ccc(N)c(C#N)c3)c2C(=O)N1c1ccc(C(F)(F)c2ccccc2)cc1. The molecular weight excluding hydrogens is 518 g/mol. The molecule has 11 heteroatoms. The van der Waals surface area contributed by atoms with Gasteiger partial charge in [0.1, 0.15) is 11.8 Å². The molecule has 2 amide bonds. The molecule has 193 valence electrons. The lowest BCUT2D eigenvalue weighted by atomic mass is 9.99. The maximum Gasteiger partial charge on any atom is 0.298 e. The number of halogens is 2. The summed E-state index contributed by atoms with van der Waals surface area (Å²) in [5.74, 6) is -4.27. The van der Waals surface area contributed by atoms with Crippen molar-refractivity contribution in [3.05, 3.63) is 107 Å². The van der Waals surface area contributed by atoms with E-state index in [1.165, 1.54) is 70.4 Å². The molecule has 3 aromatic carbocycles. The summed E-state index contributed by atoms with van der Waals surface area (Å²) in [4.78, 5) is 28.1. The fraction of sp³-hybridized carbons (Fsp3) is 0.143. The Labute approximate surface area is 226 Å². The van der Waals surface area contributed by atoms with Gasteiger partial charge in [-0.3, -0.25) is 14.3 Å². The number of hydrogen-bond donors (Lipinski definition) is 2. The van der Waals surface area contributed by atoms with Gasteiger partial charge in [0, 0.05) is 33.2 Å². The number of amides is 2. The van der Waals surface area contributed by atoms with Crippen LogP contribution >= 0.6 is 0 Å². The Morgan fingerprint density at radius 2 is 1.79 bits per heavy atom. The van der Waals surface area contributed by atoms with E-state index in [-0.39, 0.29) is 45.9 Å². The summed E-state index contributed by atoms with van der Waals surface area (Å²) in [5, 5.41) is 15.2. The number of hydrogen-bond acceptors (Lipinski definition) is 5. The van der Waals surface area contributed by atoms with E-state index >= 15 is 8.78 Å². The summed E-state index contributed by atoms with van der Waals surface area (Å²) in [7, 11) is 3.65. The van der Waals surface area contributed by atoms with Gasteiger partial charge in [0.25, 0.3) is 17.7 Å². The van der Waals surface area contributed by atoms with E-state index in [4.69, 9.17) is 5.73 Å². The first-order valence-corrected chi connectivity index (χ1v) is 12.3. The Balaban J connectivity index is 1.45. The van der Waals surface area contributed by atoms with E-state index in [9.17, 15) is 14.9 Å². The highest BCUT2D eigenvalue weighted by molar-refractivity contribution is 6.24. The maximum atomic E-state index is 15.1. The maximum absolute atomic E-state index is 15.1. The van der Waals surface area contributed by atoms with Crippen molar-refractivity contribution in [2.45, 2.75) is 24.6 Å². The third-order valence-corrected chi connectivity index (χ3v) is 6.89. The van der Waals surface area contributed by atoms with Gasteiger partial charge >= 0.3 is 0 Å². The number of nitrogen functional groups attached to an aromatic ring is 1. The number of aromatic nitrogens is 2. The average Bonchev–Trinajstić information content (AvgIpc) is 3.30. The molecule has 0 aliphatic carbocycles. The molecule has 1 aliphatic heterocycles. The van der Waals surface area contributed by atoms with Gasteiger partial charge in [0.2, 0.25) is 0 Å². The van der Waals surface area contributed by atoms with Gasteiger partial charge in [0.05, 0.1) is 34.2 Å². The molecule has 0 saturated carbocycles. The van der Waals surface area contributed by atoms with Crippen molar-refractivity contribution in [2.24, 2.45) is 0 Å². The zero-order valence-corrected chi connectivity index (χ0v) is 21.7. The molecule has 4 aromatic rings. The lowest BCUT2D eigenvalue weighted by Crippen LogP contribution is -2.57. The minimum Gasteiger partial charge on any atom is -0.398 e. The Kier molecular flexibility index (Phi) is 6.28. The van der Waals surface area contributed by atoms with Gasteiger partial charge in [0.15, 0.2) is 0 Å². The van der Waals surface area contributed by atoms with Gasteiger partial charge in [-0.15, -0.1) is 0 Å². The number of carbonyl (C=O) groups excluding carboxylic acids is 2. The van der Waals surface area contributed by atoms with Crippen molar-refractivity contribution < 1.29 is 18.4 Å². The number of nitriles is 1. The van der Waals surface area contributed by atoms with Gasteiger partial charge < -0.3 is 16.0 Å². The summed E-state index contributed by atoms with van der Waals surface area (Å²) < 4.78 is 31.6. The van der Waals surface area contributed by atoms with Crippen LogP contribution in [0.1, 0.15) is 44.5 Å². The van der Waals surface area contributed by atoms with Crippen LogP contribution in [0.2, 0.25) is 0 Å². The minimum absolute atomic E-state index is 0.119. The predicted octanol–water partition coefficient (Wildman–Crippen LogP) is 4.27. The van der Waals surface area contributed by atoms with Crippen LogP contribution in [0.25, 0.3) is 0 Å². The second-order valence-electron chi connectivity index (χ2n) is 9.33. The highest BCUT2D eigenvalue weighted by Gasteiger charge is 2.42. The van der Waals surface area contributed by atoms with Crippen LogP contribution < -0.4 is 16.0 Å². The summed E-state index contributed by atoms with van der Waals surface area (Å²) in [6.07, 6.45) is 1.36. The molecule has 1 atom stereocenters. The normalized spacial score (nSPS) is 16.9.